The van der Waals surface area contributed by atoms with Crippen LogP contribution in [-0.2, 0) is 0 Å². The van der Waals surface area contributed by atoms with Gasteiger partial charge in [0, 0.05) is 49.9 Å². The van der Waals surface area contributed by atoms with E-state index < -0.39 is 0 Å². The van der Waals surface area contributed by atoms with Crippen molar-refractivity contribution in [2.24, 2.45) is 0 Å². The first-order chi connectivity index (χ1) is 5.79. The third-order valence-electron chi connectivity index (χ3n) is 2.79. The maximum absolute atomic E-state index is 3.61. The van der Waals surface area contributed by atoms with Gasteiger partial charge in [-0.15, -0.1) is 0 Å². The number of hydrogen-bond donors (Lipinski definition) is 1. The van der Waals surface area contributed by atoms with Crippen LogP contribution in [0.3, 0.4) is 0 Å². The van der Waals surface area contributed by atoms with Gasteiger partial charge in [-0.2, -0.15) is 0 Å². The Labute approximate surface area is 99.1 Å². The van der Waals surface area contributed by atoms with Crippen molar-refractivity contribution >= 4 is 32.3 Å². The minimum atomic E-state index is 0.00562. The molecule has 4 heteroatoms. The van der Waals surface area contributed by atoms with Gasteiger partial charge in [0.1, 0.15) is 0 Å². The number of halogens is 2. The van der Waals surface area contributed by atoms with Crippen LogP contribution in [-0.4, -0.2) is 21.5 Å². The predicted molar refractivity (Wildman–Crippen MR) is 66.1 cm³/mol. The van der Waals surface area contributed by atoms with Gasteiger partial charge in [0.25, 0.3) is 0 Å². The highest BCUT2D eigenvalue weighted by Gasteiger charge is 2.40. The molecule has 0 rings (SSSR count). The lowest BCUT2D eigenvalue weighted by molar-refractivity contribution is 0.148. The van der Waals surface area contributed by atoms with Gasteiger partial charge in [-0.05, 0) is 34.1 Å². The van der Waals surface area contributed by atoms with Crippen LogP contribution in [0.1, 0.15) is 41.0 Å². The van der Waals surface area contributed by atoms with Crippen LogP contribution >= 0.6 is 32.3 Å². The topological polar surface area (TPSA) is 15.3 Å². The van der Waals surface area contributed by atoms with E-state index in [9.17, 15) is 0 Å². The Morgan fingerprint density at radius 1 is 1.23 bits per heavy atom. The van der Waals surface area contributed by atoms with E-state index in [1.165, 1.54) is 0 Å². The smallest absolute Gasteiger partial charge is 0.0444 e. The zero-order valence-corrected chi connectivity index (χ0v) is 12.3. The van der Waals surface area contributed by atoms with Crippen LogP contribution in [0.15, 0.2) is 0 Å². The molecule has 0 aromatic heterocycles. The van der Waals surface area contributed by atoms with E-state index in [4.69, 9.17) is 0 Å². The SMILES string of the molecule is CCCN(Br)C(C)(C)C(C)(C)NBr. The second-order valence-corrected chi connectivity index (χ2v) is 5.62. The second kappa shape index (κ2) is 5.10. The summed E-state index contributed by atoms with van der Waals surface area (Å²) in [4.78, 5) is 0. The fraction of sp³-hybridized carbons (Fsp3) is 1.00. The van der Waals surface area contributed by atoms with Crippen LogP contribution < -0.4 is 4.34 Å². The van der Waals surface area contributed by atoms with Gasteiger partial charge in [-0.3, -0.25) is 0 Å². The molecule has 0 saturated carbocycles. The zero-order valence-electron chi connectivity index (χ0n) is 9.12. The molecule has 0 radical (unpaired) electrons. The third-order valence-corrected chi connectivity index (χ3v) is 5.02. The molecule has 0 aliphatic carbocycles. The average molecular weight is 316 g/mol. The summed E-state index contributed by atoms with van der Waals surface area (Å²) in [5.41, 5.74) is 0.0537. The van der Waals surface area contributed by atoms with E-state index >= 15 is 0 Å². The molecule has 0 aliphatic heterocycles. The third kappa shape index (κ3) is 3.18. The first kappa shape index (κ1) is 13.9. The van der Waals surface area contributed by atoms with Crippen molar-refractivity contribution in [1.29, 1.82) is 0 Å². The van der Waals surface area contributed by atoms with Crippen molar-refractivity contribution in [2.75, 3.05) is 6.54 Å². The second-order valence-electron chi connectivity index (χ2n) is 4.36. The molecule has 0 heterocycles. The summed E-state index contributed by atoms with van der Waals surface area (Å²) in [6.45, 7) is 12.0. The molecule has 2 nitrogen and oxygen atoms in total. The molecule has 0 bridgehead atoms. The highest BCUT2D eigenvalue weighted by atomic mass is 79.9. The lowest BCUT2D eigenvalue weighted by atomic mass is 9.83. The maximum atomic E-state index is 3.61. The Bertz CT molecular complexity index is 158. The molecule has 80 valence electrons. The number of nitrogens with one attached hydrogen (secondary N) is 1. The van der Waals surface area contributed by atoms with Crippen LogP contribution in [0.2, 0.25) is 0 Å². The highest BCUT2D eigenvalue weighted by Crippen LogP contribution is 2.31. The van der Waals surface area contributed by atoms with Gasteiger partial charge >= 0.3 is 0 Å². The van der Waals surface area contributed by atoms with Crippen molar-refractivity contribution in [3.63, 3.8) is 0 Å². The minimum Gasteiger partial charge on any atom is -0.248 e. The maximum Gasteiger partial charge on any atom is 0.0444 e. The molecule has 0 spiro atoms. The molecule has 13 heavy (non-hydrogen) atoms. The monoisotopic (exact) mass is 314 g/mol. The van der Waals surface area contributed by atoms with Crippen LogP contribution in [0, 0.1) is 0 Å². The molecule has 0 atom stereocenters. The lowest BCUT2D eigenvalue weighted by Crippen LogP contribution is -2.59. The van der Waals surface area contributed by atoms with Crippen molar-refractivity contribution < 1.29 is 0 Å². The number of rotatable bonds is 5. The van der Waals surface area contributed by atoms with E-state index in [0.717, 1.165) is 13.0 Å². The van der Waals surface area contributed by atoms with E-state index in [-0.39, 0.29) is 11.1 Å². The number of nitrogens with zero attached hydrogens (tertiary/aromatic N) is 1. The lowest BCUT2D eigenvalue weighted by Gasteiger charge is -2.45. The summed E-state index contributed by atoms with van der Waals surface area (Å²) in [6, 6.07) is 0. The van der Waals surface area contributed by atoms with Crippen LogP contribution in [0.5, 0.6) is 0 Å². The summed E-state index contributed by atoms with van der Waals surface area (Å²) in [5, 5.41) is 0. The van der Waals surface area contributed by atoms with Crippen molar-refractivity contribution in [3.8, 4) is 0 Å². The molecular weight excluding hydrogens is 296 g/mol. The molecule has 0 amide bonds. The fourth-order valence-corrected chi connectivity index (χ4v) is 2.18. The first-order valence-corrected chi connectivity index (χ1v) is 6.11. The molecule has 0 unspecified atom stereocenters. The van der Waals surface area contributed by atoms with E-state index in [1.54, 1.807) is 0 Å². The quantitative estimate of drug-likeness (QED) is 0.782. The normalized spacial score (nSPS) is 13.8. The van der Waals surface area contributed by atoms with Crippen LogP contribution in [0.4, 0.5) is 0 Å². The van der Waals surface area contributed by atoms with E-state index in [1.807, 2.05) is 0 Å². The fourth-order valence-electron chi connectivity index (χ4n) is 0.895. The van der Waals surface area contributed by atoms with E-state index in [0.29, 0.717) is 0 Å². The van der Waals surface area contributed by atoms with Gasteiger partial charge in [0.2, 0.25) is 0 Å². The van der Waals surface area contributed by atoms with Crippen molar-refractivity contribution in [2.45, 2.75) is 52.1 Å². The molecular formula is C9H20Br2N2. The predicted octanol–water partition coefficient (Wildman–Crippen LogP) is 3.47. The summed E-state index contributed by atoms with van der Waals surface area (Å²) in [5.74, 6) is 0. The van der Waals surface area contributed by atoms with Gasteiger partial charge in [-0.25, -0.2) is 8.27 Å². The van der Waals surface area contributed by atoms with Crippen LogP contribution in [0.25, 0.3) is 0 Å². The first-order valence-electron chi connectivity index (χ1n) is 4.60. The molecule has 0 fully saturated rings. The molecule has 0 aromatic carbocycles. The Morgan fingerprint density at radius 2 is 1.69 bits per heavy atom. The zero-order chi connectivity index (χ0) is 10.7. The largest absolute Gasteiger partial charge is 0.248 e. The van der Waals surface area contributed by atoms with Gasteiger partial charge < -0.3 is 0 Å². The van der Waals surface area contributed by atoms with Gasteiger partial charge in [0.15, 0.2) is 0 Å². The standard InChI is InChI=1S/C9H20Br2N2/c1-6-7-13(11)9(4,5)8(2,3)12-10/h12H,6-7H2,1-5H3. The molecule has 1 N–H and O–H groups in total. The summed E-state index contributed by atoms with van der Waals surface area (Å²) >= 11 is 6.94. The summed E-state index contributed by atoms with van der Waals surface area (Å²) in [6.07, 6.45) is 1.15. The van der Waals surface area contributed by atoms with Crippen molar-refractivity contribution in [1.82, 2.24) is 8.27 Å². The average Bonchev–Trinajstić information content (AvgIpc) is 2.04. The summed E-state index contributed by atoms with van der Waals surface area (Å²) in [7, 11) is 0. The minimum absolute atomic E-state index is 0.00562. The molecule has 0 aromatic rings. The Kier molecular flexibility index (Phi) is 5.44. The summed E-state index contributed by atoms with van der Waals surface area (Å²) < 4.78 is 5.36. The number of hydrogen-bond acceptors (Lipinski definition) is 2. The molecule has 0 saturated heterocycles. The van der Waals surface area contributed by atoms with E-state index in [2.05, 4.69) is 75.2 Å². The highest BCUT2D eigenvalue weighted by molar-refractivity contribution is 9.08. The van der Waals surface area contributed by atoms with Gasteiger partial charge in [0.05, 0.1) is 0 Å². The molecule has 0 aliphatic rings. The van der Waals surface area contributed by atoms with Gasteiger partial charge in [-0.1, -0.05) is 6.92 Å². The Hall–Kier alpha value is 0.880. The van der Waals surface area contributed by atoms with Crippen molar-refractivity contribution in [3.05, 3.63) is 0 Å². The Balaban J connectivity index is 4.53. The Morgan fingerprint density at radius 3 is 2.00 bits per heavy atom.